The molecule has 76 valence electrons. The van der Waals surface area contributed by atoms with Crippen LogP contribution >= 0.6 is 0 Å². The van der Waals surface area contributed by atoms with Crippen LogP contribution in [0.2, 0.25) is 0 Å². The fourth-order valence-corrected chi connectivity index (χ4v) is 1.94. The van der Waals surface area contributed by atoms with Gasteiger partial charge in [0.25, 0.3) is 0 Å². The molecule has 0 bridgehead atoms. The third kappa shape index (κ3) is 2.99. The molecule has 0 radical (unpaired) electrons. The minimum absolute atomic E-state index is 0.281. The van der Waals surface area contributed by atoms with Gasteiger partial charge in [-0.15, -0.1) is 0 Å². The molecule has 3 heteroatoms. The smallest absolute Gasteiger partial charge is 0.309 e. The zero-order chi connectivity index (χ0) is 9.84. The van der Waals surface area contributed by atoms with Crippen LogP contribution in [0.4, 0.5) is 0 Å². The average molecular weight is 186 g/mol. The molecule has 1 N–H and O–H groups in total. The first kappa shape index (κ1) is 10.5. The second kappa shape index (κ2) is 4.61. The molecule has 0 aromatic heterocycles. The van der Waals surface area contributed by atoms with Crippen LogP contribution < -0.4 is 0 Å². The van der Waals surface area contributed by atoms with Gasteiger partial charge in [0, 0.05) is 6.61 Å². The third-order valence-electron chi connectivity index (χ3n) is 2.59. The summed E-state index contributed by atoms with van der Waals surface area (Å²) in [4.78, 5) is 10.9. The van der Waals surface area contributed by atoms with Crippen LogP contribution in [-0.4, -0.2) is 24.3 Å². The minimum Gasteiger partial charge on any atom is -0.481 e. The number of carboxylic acid groups (broad SMARTS) is 1. The molecule has 0 spiro atoms. The van der Waals surface area contributed by atoms with Gasteiger partial charge in [0.1, 0.15) is 0 Å². The number of aliphatic carboxylic acids is 1. The van der Waals surface area contributed by atoms with Crippen molar-refractivity contribution in [3.05, 3.63) is 0 Å². The van der Waals surface area contributed by atoms with Gasteiger partial charge < -0.3 is 9.84 Å². The summed E-state index contributed by atoms with van der Waals surface area (Å²) in [5.41, 5.74) is 0. The summed E-state index contributed by atoms with van der Waals surface area (Å²) in [6.07, 6.45) is 1.90. The van der Waals surface area contributed by atoms with E-state index in [1.807, 2.05) is 0 Å². The molecule has 2 unspecified atom stereocenters. The molecule has 1 heterocycles. The van der Waals surface area contributed by atoms with Gasteiger partial charge in [-0.2, -0.15) is 0 Å². The molecular weight excluding hydrogens is 168 g/mol. The lowest BCUT2D eigenvalue weighted by Crippen LogP contribution is -2.34. The Bertz CT molecular complexity index is 177. The van der Waals surface area contributed by atoms with Gasteiger partial charge >= 0.3 is 5.97 Å². The Morgan fingerprint density at radius 1 is 1.62 bits per heavy atom. The Morgan fingerprint density at radius 2 is 2.31 bits per heavy atom. The fourth-order valence-electron chi connectivity index (χ4n) is 1.94. The largest absolute Gasteiger partial charge is 0.481 e. The van der Waals surface area contributed by atoms with Gasteiger partial charge in [-0.3, -0.25) is 4.79 Å². The highest BCUT2D eigenvalue weighted by Gasteiger charge is 2.31. The summed E-state index contributed by atoms with van der Waals surface area (Å²) in [5, 5.41) is 8.94. The van der Waals surface area contributed by atoms with Crippen molar-refractivity contribution < 1.29 is 14.6 Å². The van der Waals surface area contributed by atoms with Crippen molar-refractivity contribution in [2.45, 2.75) is 26.7 Å². The summed E-state index contributed by atoms with van der Waals surface area (Å²) in [6.45, 7) is 5.39. The lowest BCUT2D eigenvalue weighted by atomic mass is 9.82. The Labute approximate surface area is 79.1 Å². The van der Waals surface area contributed by atoms with Crippen LogP contribution in [0.25, 0.3) is 0 Å². The number of ether oxygens (including phenoxy) is 1. The molecule has 1 aliphatic heterocycles. The minimum atomic E-state index is -0.703. The predicted molar refractivity (Wildman–Crippen MR) is 49.5 cm³/mol. The van der Waals surface area contributed by atoms with E-state index in [0.29, 0.717) is 18.4 Å². The van der Waals surface area contributed by atoms with E-state index in [-0.39, 0.29) is 5.92 Å². The third-order valence-corrected chi connectivity index (χ3v) is 2.59. The van der Waals surface area contributed by atoms with Crippen LogP contribution in [0.15, 0.2) is 0 Å². The molecule has 1 rings (SSSR count). The standard InChI is InChI=1S/C10H18O3/c1-7(2)5-8-3-4-13-6-9(8)10(11)12/h7-9H,3-6H2,1-2H3,(H,11,12). The molecule has 0 saturated carbocycles. The van der Waals surface area contributed by atoms with Crippen molar-refractivity contribution in [1.82, 2.24) is 0 Å². The van der Waals surface area contributed by atoms with E-state index in [1.54, 1.807) is 0 Å². The van der Waals surface area contributed by atoms with Crippen LogP contribution in [0.5, 0.6) is 0 Å². The zero-order valence-corrected chi connectivity index (χ0v) is 8.32. The fraction of sp³-hybridized carbons (Fsp3) is 0.900. The first-order valence-electron chi connectivity index (χ1n) is 4.91. The molecule has 1 aliphatic rings. The van der Waals surface area contributed by atoms with E-state index in [9.17, 15) is 4.79 Å². The van der Waals surface area contributed by atoms with Crippen molar-refractivity contribution in [3.63, 3.8) is 0 Å². The summed E-state index contributed by atoms with van der Waals surface area (Å²) >= 11 is 0. The molecule has 0 aliphatic carbocycles. The Kier molecular flexibility index (Phi) is 3.72. The molecule has 3 nitrogen and oxygen atoms in total. The van der Waals surface area contributed by atoms with Gasteiger partial charge in [0.2, 0.25) is 0 Å². The van der Waals surface area contributed by atoms with E-state index < -0.39 is 5.97 Å². The van der Waals surface area contributed by atoms with Gasteiger partial charge in [-0.1, -0.05) is 13.8 Å². The van der Waals surface area contributed by atoms with Gasteiger partial charge in [-0.05, 0) is 24.7 Å². The SMILES string of the molecule is CC(C)CC1CCOCC1C(=O)O. The quantitative estimate of drug-likeness (QED) is 0.730. The highest BCUT2D eigenvalue weighted by molar-refractivity contribution is 5.70. The summed E-state index contributed by atoms with van der Waals surface area (Å²) in [7, 11) is 0. The summed E-state index contributed by atoms with van der Waals surface area (Å²) < 4.78 is 5.17. The normalized spacial score (nSPS) is 29.2. The van der Waals surface area contributed by atoms with Crippen molar-refractivity contribution in [3.8, 4) is 0 Å². The average Bonchev–Trinajstić information content (AvgIpc) is 2.03. The molecule has 0 aromatic carbocycles. The van der Waals surface area contributed by atoms with Gasteiger partial charge in [-0.25, -0.2) is 0 Å². The first-order valence-corrected chi connectivity index (χ1v) is 4.91. The van der Waals surface area contributed by atoms with Crippen LogP contribution in [0, 0.1) is 17.8 Å². The maximum atomic E-state index is 10.9. The van der Waals surface area contributed by atoms with Crippen LogP contribution in [0.1, 0.15) is 26.7 Å². The Hall–Kier alpha value is -0.570. The molecule has 2 atom stereocenters. The number of carbonyl (C=O) groups is 1. The molecule has 1 saturated heterocycles. The van der Waals surface area contributed by atoms with Gasteiger partial charge in [0.05, 0.1) is 12.5 Å². The second-order valence-electron chi connectivity index (χ2n) is 4.20. The van der Waals surface area contributed by atoms with E-state index in [4.69, 9.17) is 9.84 Å². The van der Waals surface area contributed by atoms with Crippen LogP contribution in [0.3, 0.4) is 0 Å². The maximum Gasteiger partial charge on any atom is 0.309 e. The number of carboxylic acids is 1. The van der Waals surface area contributed by atoms with E-state index in [0.717, 1.165) is 19.4 Å². The van der Waals surface area contributed by atoms with Gasteiger partial charge in [0.15, 0.2) is 0 Å². The highest BCUT2D eigenvalue weighted by atomic mass is 16.5. The molecule has 0 amide bonds. The lowest BCUT2D eigenvalue weighted by Gasteiger charge is -2.29. The molecule has 0 aromatic rings. The zero-order valence-electron chi connectivity index (χ0n) is 8.32. The highest BCUT2D eigenvalue weighted by Crippen LogP contribution is 2.28. The van der Waals surface area contributed by atoms with Crippen molar-refractivity contribution in [1.29, 1.82) is 0 Å². The number of hydrogen-bond donors (Lipinski definition) is 1. The Balaban J connectivity index is 2.51. The van der Waals surface area contributed by atoms with E-state index >= 15 is 0 Å². The molecular formula is C10H18O3. The lowest BCUT2D eigenvalue weighted by molar-refractivity contribution is -0.149. The first-order chi connectivity index (χ1) is 6.11. The van der Waals surface area contributed by atoms with E-state index in [1.165, 1.54) is 0 Å². The van der Waals surface area contributed by atoms with Crippen molar-refractivity contribution in [2.24, 2.45) is 17.8 Å². The van der Waals surface area contributed by atoms with Crippen molar-refractivity contribution in [2.75, 3.05) is 13.2 Å². The topological polar surface area (TPSA) is 46.5 Å². The summed E-state index contributed by atoms with van der Waals surface area (Å²) in [6, 6.07) is 0. The summed E-state index contributed by atoms with van der Waals surface area (Å²) in [5.74, 6) is -0.0994. The molecule has 13 heavy (non-hydrogen) atoms. The Morgan fingerprint density at radius 3 is 2.85 bits per heavy atom. The second-order valence-corrected chi connectivity index (χ2v) is 4.20. The number of rotatable bonds is 3. The number of hydrogen-bond acceptors (Lipinski definition) is 2. The van der Waals surface area contributed by atoms with Crippen LogP contribution in [-0.2, 0) is 9.53 Å². The van der Waals surface area contributed by atoms with E-state index in [2.05, 4.69) is 13.8 Å². The monoisotopic (exact) mass is 186 g/mol. The van der Waals surface area contributed by atoms with Crippen molar-refractivity contribution >= 4 is 5.97 Å². The predicted octanol–water partition coefficient (Wildman–Crippen LogP) is 1.77. The maximum absolute atomic E-state index is 10.9. The molecule has 1 fully saturated rings.